The number of benzene rings is 1. The Kier molecular flexibility index (Phi) is 8.96. The lowest BCUT2D eigenvalue weighted by Gasteiger charge is -1.98. The Balaban J connectivity index is 0.000000581. The summed E-state index contributed by atoms with van der Waals surface area (Å²) in [6.07, 6.45) is 4.83. The Morgan fingerprint density at radius 2 is 1.59 bits per heavy atom. The first kappa shape index (κ1) is 15.6. The maximum Gasteiger partial charge on any atom is 0.138 e. The Bertz CT molecular complexity index is 387. The molecule has 0 aliphatic carbocycles. The van der Waals surface area contributed by atoms with Gasteiger partial charge in [0.2, 0.25) is 0 Å². The molecule has 0 atom stereocenters. The van der Waals surface area contributed by atoms with Crippen molar-refractivity contribution in [3.05, 3.63) is 42.4 Å². The largest absolute Gasteiger partial charge is 0.241 e. The lowest BCUT2D eigenvalue weighted by molar-refractivity contribution is 0.976. The molecule has 0 bridgehead atoms. The molecule has 0 saturated heterocycles. The van der Waals surface area contributed by atoms with Crippen molar-refractivity contribution in [2.24, 2.45) is 0 Å². The molecule has 0 fully saturated rings. The van der Waals surface area contributed by atoms with Crippen LogP contribution in [0.4, 0.5) is 0 Å². The summed E-state index contributed by atoms with van der Waals surface area (Å²) in [5.74, 6) is 0. The fraction of sp³-hybridized carbons (Fsp3) is 0.308. The lowest BCUT2D eigenvalue weighted by Crippen LogP contribution is -1.87. The zero-order chi connectivity index (χ0) is 13.1. The number of nitrogens with zero attached hydrogens (tertiary/aromatic N) is 3. The second-order valence-corrected chi connectivity index (χ2v) is 2.86. The standard InChI is InChI=1S/C10H9N3.C2H6.CH4S/c1-8-2-4-9(5-3-8)10-6-11-7-12-13-10;2*1-2/h2-7H,1H3;1-2H3;2H,1H3. The minimum Gasteiger partial charge on any atom is -0.241 e. The van der Waals surface area contributed by atoms with Crippen molar-refractivity contribution in [1.29, 1.82) is 0 Å². The number of rotatable bonds is 1. The molecule has 0 amide bonds. The van der Waals surface area contributed by atoms with E-state index in [0.29, 0.717) is 0 Å². The summed E-state index contributed by atoms with van der Waals surface area (Å²) in [5.41, 5.74) is 3.09. The Labute approximate surface area is 109 Å². The van der Waals surface area contributed by atoms with E-state index in [1.54, 1.807) is 12.5 Å². The fourth-order valence-electron chi connectivity index (χ4n) is 1.10. The van der Waals surface area contributed by atoms with E-state index in [9.17, 15) is 0 Å². The van der Waals surface area contributed by atoms with Crippen LogP contribution in [-0.2, 0) is 0 Å². The zero-order valence-corrected chi connectivity index (χ0v) is 11.6. The molecule has 92 valence electrons. The predicted molar refractivity (Wildman–Crippen MR) is 76.3 cm³/mol. The Morgan fingerprint density at radius 3 is 2.06 bits per heavy atom. The van der Waals surface area contributed by atoms with Crippen LogP contribution in [0, 0.1) is 6.92 Å². The molecule has 0 N–H and O–H groups in total. The van der Waals surface area contributed by atoms with Crippen LogP contribution in [0.25, 0.3) is 11.3 Å². The van der Waals surface area contributed by atoms with Gasteiger partial charge in [-0.05, 0) is 13.2 Å². The van der Waals surface area contributed by atoms with E-state index in [0.717, 1.165) is 11.3 Å². The first-order chi connectivity index (χ1) is 8.36. The van der Waals surface area contributed by atoms with Crippen LogP contribution in [-0.4, -0.2) is 21.4 Å². The van der Waals surface area contributed by atoms with Gasteiger partial charge in [0.05, 0.1) is 6.20 Å². The van der Waals surface area contributed by atoms with Crippen molar-refractivity contribution < 1.29 is 0 Å². The minimum absolute atomic E-state index is 0.808. The molecule has 0 unspecified atom stereocenters. The fourth-order valence-corrected chi connectivity index (χ4v) is 1.10. The molecule has 1 heterocycles. The normalized spacial score (nSPS) is 8.29. The van der Waals surface area contributed by atoms with Gasteiger partial charge < -0.3 is 0 Å². The molecule has 17 heavy (non-hydrogen) atoms. The third kappa shape index (κ3) is 5.45. The van der Waals surface area contributed by atoms with E-state index in [4.69, 9.17) is 0 Å². The summed E-state index contributed by atoms with van der Waals surface area (Å²) >= 11 is 3.53. The first-order valence-electron chi connectivity index (χ1n) is 5.51. The highest BCUT2D eigenvalue weighted by atomic mass is 32.1. The molecular formula is C13H19N3S. The third-order valence-electron chi connectivity index (χ3n) is 1.83. The van der Waals surface area contributed by atoms with E-state index >= 15 is 0 Å². The lowest BCUT2D eigenvalue weighted by atomic mass is 10.1. The minimum atomic E-state index is 0.808. The summed E-state index contributed by atoms with van der Waals surface area (Å²) in [5, 5.41) is 7.69. The topological polar surface area (TPSA) is 38.7 Å². The zero-order valence-electron chi connectivity index (χ0n) is 10.8. The second-order valence-electron chi connectivity index (χ2n) is 2.86. The van der Waals surface area contributed by atoms with E-state index < -0.39 is 0 Å². The maximum absolute atomic E-state index is 3.97. The third-order valence-corrected chi connectivity index (χ3v) is 1.83. The molecule has 4 heteroatoms. The number of thiol groups is 1. The van der Waals surface area contributed by atoms with Crippen molar-refractivity contribution in [3.63, 3.8) is 0 Å². The van der Waals surface area contributed by atoms with Crippen LogP contribution in [0.1, 0.15) is 19.4 Å². The monoisotopic (exact) mass is 249 g/mol. The molecule has 0 saturated carbocycles. The van der Waals surface area contributed by atoms with Crippen LogP contribution >= 0.6 is 12.6 Å². The average Bonchev–Trinajstić information content (AvgIpc) is 2.45. The molecule has 0 radical (unpaired) electrons. The smallest absolute Gasteiger partial charge is 0.138 e. The van der Waals surface area contributed by atoms with Gasteiger partial charge in [-0.3, -0.25) is 0 Å². The van der Waals surface area contributed by atoms with Gasteiger partial charge in [0.25, 0.3) is 0 Å². The number of aryl methyl sites for hydroxylation is 1. The maximum atomic E-state index is 3.97. The number of hydrogen-bond donors (Lipinski definition) is 1. The Morgan fingerprint density at radius 1 is 1.00 bits per heavy atom. The van der Waals surface area contributed by atoms with Crippen molar-refractivity contribution in [1.82, 2.24) is 15.2 Å². The summed E-state index contributed by atoms with van der Waals surface area (Å²) in [4.78, 5) is 3.91. The molecule has 1 aromatic heterocycles. The van der Waals surface area contributed by atoms with Crippen LogP contribution in [0.3, 0.4) is 0 Å². The molecule has 0 aliphatic heterocycles. The van der Waals surface area contributed by atoms with Crippen molar-refractivity contribution in [3.8, 4) is 11.3 Å². The van der Waals surface area contributed by atoms with E-state index in [1.807, 2.05) is 38.1 Å². The Hall–Kier alpha value is -1.42. The first-order valence-corrected chi connectivity index (χ1v) is 6.40. The number of aromatic nitrogens is 3. The van der Waals surface area contributed by atoms with Gasteiger partial charge in [-0.15, -0.1) is 10.2 Å². The molecule has 1 aromatic carbocycles. The van der Waals surface area contributed by atoms with Gasteiger partial charge in [-0.25, -0.2) is 4.98 Å². The SMILES string of the molecule is CC.CS.Cc1ccc(-c2cncnn2)cc1. The number of hydrogen-bond acceptors (Lipinski definition) is 4. The van der Waals surface area contributed by atoms with Crippen LogP contribution in [0.15, 0.2) is 36.8 Å². The van der Waals surface area contributed by atoms with Gasteiger partial charge in [0.1, 0.15) is 12.0 Å². The van der Waals surface area contributed by atoms with Gasteiger partial charge in [-0.2, -0.15) is 12.6 Å². The predicted octanol–water partition coefficient (Wildman–Crippen LogP) is 3.42. The van der Waals surface area contributed by atoms with E-state index in [-0.39, 0.29) is 0 Å². The molecular weight excluding hydrogens is 230 g/mol. The van der Waals surface area contributed by atoms with Gasteiger partial charge >= 0.3 is 0 Å². The molecule has 3 nitrogen and oxygen atoms in total. The highest BCUT2D eigenvalue weighted by Crippen LogP contribution is 2.14. The molecule has 0 aliphatic rings. The van der Waals surface area contributed by atoms with Crippen LogP contribution < -0.4 is 0 Å². The molecule has 0 spiro atoms. The second kappa shape index (κ2) is 9.78. The quantitative estimate of drug-likeness (QED) is 0.787. The molecule has 2 aromatic rings. The van der Waals surface area contributed by atoms with Crippen LogP contribution in [0.5, 0.6) is 0 Å². The van der Waals surface area contributed by atoms with E-state index in [2.05, 4.69) is 34.7 Å². The average molecular weight is 249 g/mol. The summed E-state index contributed by atoms with van der Waals surface area (Å²) < 4.78 is 0. The van der Waals surface area contributed by atoms with Crippen molar-refractivity contribution in [2.45, 2.75) is 20.8 Å². The van der Waals surface area contributed by atoms with Crippen molar-refractivity contribution >= 4 is 12.6 Å². The van der Waals surface area contributed by atoms with Crippen molar-refractivity contribution in [2.75, 3.05) is 6.26 Å². The highest BCUT2D eigenvalue weighted by Gasteiger charge is 1.97. The summed E-state index contributed by atoms with van der Waals surface area (Å²) in [6, 6.07) is 8.12. The highest BCUT2D eigenvalue weighted by molar-refractivity contribution is 7.79. The van der Waals surface area contributed by atoms with Crippen LogP contribution in [0.2, 0.25) is 0 Å². The summed E-state index contributed by atoms with van der Waals surface area (Å²) in [7, 11) is 0. The van der Waals surface area contributed by atoms with Gasteiger partial charge in [0, 0.05) is 5.56 Å². The van der Waals surface area contributed by atoms with E-state index in [1.165, 1.54) is 11.9 Å². The summed E-state index contributed by atoms with van der Waals surface area (Å²) in [6.45, 7) is 6.05. The molecule has 2 rings (SSSR count). The van der Waals surface area contributed by atoms with Gasteiger partial charge in [0.15, 0.2) is 0 Å². The van der Waals surface area contributed by atoms with Gasteiger partial charge in [-0.1, -0.05) is 43.7 Å².